The van der Waals surface area contributed by atoms with Crippen molar-refractivity contribution in [1.29, 1.82) is 0 Å². The lowest BCUT2D eigenvalue weighted by molar-refractivity contribution is 0.474. The molecule has 81 valence electrons. The minimum atomic E-state index is 0.177. The van der Waals surface area contributed by atoms with E-state index in [1.807, 2.05) is 18.2 Å². The molecule has 0 saturated heterocycles. The van der Waals surface area contributed by atoms with E-state index in [4.69, 9.17) is 0 Å². The third-order valence-corrected chi connectivity index (χ3v) is 2.87. The lowest BCUT2D eigenvalue weighted by atomic mass is 10.0. The van der Waals surface area contributed by atoms with E-state index in [0.29, 0.717) is 0 Å². The SMILES string of the molecule is Oc1[c]ccc(-c2ccc3ccccc3c2)c1. The minimum absolute atomic E-state index is 0.177. The van der Waals surface area contributed by atoms with Gasteiger partial charge in [0, 0.05) is 6.07 Å². The Bertz CT molecular complexity index is 671. The number of phenols is 1. The largest absolute Gasteiger partial charge is 0.507 e. The Morgan fingerprint density at radius 2 is 1.53 bits per heavy atom. The molecule has 0 atom stereocenters. The van der Waals surface area contributed by atoms with E-state index in [2.05, 4.69) is 36.4 Å². The fraction of sp³-hybridized carbons (Fsp3) is 0. The van der Waals surface area contributed by atoms with Crippen molar-refractivity contribution < 1.29 is 5.11 Å². The molecule has 1 nitrogen and oxygen atoms in total. The molecule has 0 aliphatic heterocycles. The van der Waals surface area contributed by atoms with Gasteiger partial charge in [0.2, 0.25) is 0 Å². The van der Waals surface area contributed by atoms with Crippen molar-refractivity contribution in [3.63, 3.8) is 0 Å². The molecule has 1 N–H and O–H groups in total. The van der Waals surface area contributed by atoms with Crippen LogP contribution in [0.3, 0.4) is 0 Å². The molecule has 0 heterocycles. The zero-order valence-electron chi connectivity index (χ0n) is 9.22. The second kappa shape index (κ2) is 3.95. The third kappa shape index (κ3) is 1.87. The molecule has 0 aliphatic carbocycles. The van der Waals surface area contributed by atoms with Crippen LogP contribution in [0.5, 0.6) is 5.75 Å². The molecule has 1 heteroatoms. The second-order valence-electron chi connectivity index (χ2n) is 4.02. The predicted molar refractivity (Wildman–Crippen MR) is 69.9 cm³/mol. The molecule has 0 aliphatic rings. The highest BCUT2D eigenvalue weighted by atomic mass is 16.3. The van der Waals surface area contributed by atoms with Crippen LogP contribution in [0.1, 0.15) is 0 Å². The van der Waals surface area contributed by atoms with Gasteiger partial charge >= 0.3 is 0 Å². The molecule has 0 aromatic heterocycles. The maximum atomic E-state index is 9.43. The van der Waals surface area contributed by atoms with Crippen LogP contribution in [-0.4, -0.2) is 5.11 Å². The van der Waals surface area contributed by atoms with Crippen LogP contribution < -0.4 is 0 Å². The average Bonchev–Trinajstić information content (AvgIpc) is 2.38. The number of fused-ring (bicyclic) bond motifs is 1. The smallest absolute Gasteiger partial charge is 0.124 e. The summed E-state index contributed by atoms with van der Waals surface area (Å²) in [5.74, 6) is 0.177. The Morgan fingerprint density at radius 3 is 2.35 bits per heavy atom. The first-order chi connectivity index (χ1) is 8.33. The van der Waals surface area contributed by atoms with Gasteiger partial charge in [0.05, 0.1) is 0 Å². The van der Waals surface area contributed by atoms with E-state index in [9.17, 15) is 5.11 Å². The first kappa shape index (κ1) is 9.91. The summed E-state index contributed by atoms with van der Waals surface area (Å²) >= 11 is 0. The number of hydrogen-bond donors (Lipinski definition) is 1. The summed E-state index contributed by atoms with van der Waals surface area (Å²) in [6, 6.07) is 22.7. The Balaban J connectivity index is 2.18. The van der Waals surface area contributed by atoms with Crippen LogP contribution in [0.15, 0.2) is 60.7 Å². The molecule has 0 saturated carbocycles. The summed E-state index contributed by atoms with van der Waals surface area (Å²) in [6.07, 6.45) is 0. The molecule has 3 aromatic carbocycles. The van der Waals surface area contributed by atoms with Gasteiger partial charge in [0.1, 0.15) is 5.75 Å². The van der Waals surface area contributed by atoms with Crippen LogP contribution in [0.2, 0.25) is 0 Å². The summed E-state index contributed by atoms with van der Waals surface area (Å²) in [4.78, 5) is 0. The van der Waals surface area contributed by atoms with E-state index in [0.717, 1.165) is 11.1 Å². The molecule has 0 bridgehead atoms. The van der Waals surface area contributed by atoms with Gasteiger partial charge in [-0.05, 0) is 40.1 Å². The minimum Gasteiger partial charge on any atom is -0.507 e. The van der Waals surface area contributed by atoms with Crippen molar-refractivity contribution in [2.45, 2.75) is 0 Å². The van der Waals surface area contributed by atoms with Crippen molar-refractivity contribution >= 4 is 10.8 Å². The van der Waals surface area contributed by atoms with Gasteiger partial charge in [-0.2, -0.15) is 0 Å². The van der Waals surface area contributed by atoms with Gasteiger partial charge in [-0.1, -0.05) is 42.5 Å². The summed E-state index contributed by atoms with van der Waals surface area (Å²) in [7, 11) is 0. The molecule has 1 radical (unpaired) electrons. The number of hydrogen-bond acceptors (Lipinski definition) is 1. The van der Waals surface area contributed by atoms with Crippen molar-refractivity contribution in [2.75, 3.05) is 0 Å². The highest BCUT2D eigenvalue weighted by Crippen LogP contribution is 2.26. The number of rotatable bonds is 1. The Hall–Kier alpha value is -2.28. The lowest BCUT2D eigenvalue weighted by Crippen LogP contribution is -1.78. The van der Waals surface area contributed by atoms with E-state index in [1.165, 1.54) is 10.8 Å². The van der Waals surface area contributed by atoms with Gasteiger partial charge in [-0.15, -0.1) is 0 Å². The molecule has 3 rings (SSSR count). The standard InChI is InChI=1S/C16H11O/c17-16-7-3-6-14(11-16)15-9-8-12-4-1-2-5-13(12)10-15/h1-6,8-11,17H. The summed E-state index contributed by atoms with van der Waals surface area (Å²) in [5, 5.41) is 11.9. The molecule has 0 unspecified atom stereocenters. The molecular formula is C16H11O. The van der Waals surface area contributed by atoms with Crippen LogP contribution in [0, 0.1) is 6.07 Å². The summed E-state index contributed by atoms with van der Waals surface area (Å²) in [6.45, 7) is 0. The number of phenolic OH excluding ortho intramolecular Hbond substituents is 1. The van der Waals surface area contributed by atoms with Crippen LogP contribution in [-0.2, 0) is 0 Å². The Morgan fingerprint density at radius 1 is 0.765 bits per heavy atom. The summed E-state index contributed by atoms with van der Waals surface area (Å²) in [5.41, 5.74) is 2.11. The second-order valence-corrected chi connectivity index (χ2v) is 4.02. The Labute approximate surface area is 100.0 Å². The van der Waals surface area contributed by atoms with E-state index in [-0.39, 0.29) is 5.75 Å². The van der Waals surface area contributed by atoms with Crippen molar-refractivity contribution in [2.24, 2.45) is 0 Å². The first-order valence-electron chi connectivity index (χ1n) is 5.53. The van der Waals surface area contributed by atoms with Crippen molar-refractivity contribution in [1.82, 2.24) is 0 Å². The summed E-state index contributed by atoms with van der Waals surface area (Å²) < 4.78 is 0. The quantitative estimate of drug-likeness (QED) is 0.655. The zero-order valence-corrected chi connectivity index (χ0v) is 9.22. The topological polar surface area (TPSA) is 20.2 Å². The number of benzene rings is 3. The zero-order chi connectivity index (χ0) is 11.7. The molecule has 0 amide bonds. The van der Waals surface area contributed by atoms with Gasteiger partial charge in [-0.3, -0.25) is 0 Å². The predicted octanol–water partition coefficient (Wildman–Crippen LogP) is 4.01. The first-order valence-corrected chi connectivity index (χ1v) is 5.53. The van der Waals surface area contributed by atoms with Gasteiger partial charge in [0.15, 0.2) is 0 Å². The maximum absolute atomic E-state index is 9.43. The Kier molecular flexibility index (Phi) is 2.30. The fourth-order valence-electron chi connectivity index (χ4n) is 2.00. The average molecular weight is 219 g/mol. The van der Waals surface area contributed by atoms with Gasteiger partial charge < -0.3 is 5.11 Å². The van der Waals surface area contributed by atoms with Gasteiger partial charge in [-0.25, -0.2) is 0 Å². The monoisotopic (exact) mass is 219 g/mol. The third-order valence-electron chi connectivity index (χ3n) is 2.87. The van der Waals surface area contributed by atoms with E-state index < -0.39 is 0 Å². The maximum Gasteiger partial charge on any atom is 0.124 e. The molecule has 17 heavy (non-hydrogen) atoms. The molecule has 0 spiro atoms. The van der Waals surface area contributed by atoms with Gasteiger partial charge in [0.25, 0.3) is 0 Å². The van der Waals surface area contributed by atoms with Crippen LogP contribution >= 0.6 is 0 Å². The molecular weight excluding hydrogens is 208 g/mol. The highest BCUT2D eigenvalue weighted by molar-refractivity contribution is 5.87. The van der Waals surface area contributed by atoms with E-state index >= 15 is 0 Å². The van der Waals surface area contributed by atoms with E-state index in [1.54, 1.807) is 12.1 Å². The van der Waals surface area contributed by atoms with Crippen LogP contribution in [0.25, 0.3) is 21.9 Å². The normalized spacial score (nSPS) is 10.6. The molecule has 0 fully saturated rings. The lowest BCUT2D eigenvalue weighted by Gasteiger charge is -2.04. The van der Waals surface area contributed by atoms with Crippen molar-refractivity contribution in [3.05, 3.63) is 66.7 Å². The fourth-order valence-corrected chi connectivity index (χ4v) is 2.00. The van der Waals surface area contributed by atoms with Crippen molar-refractivity contribution in [3.8, 4) is 16.9 Å². The van der Waals surface area contributed by atoms with Crippen LogP contribution in [0.4, 0.5) is 0 Å². The molecule has 3 aromatic rings. The number of aromatic hydroxyl groups is 1. The highest BCUT2D eigenvalue weighted by Gasteiger charge is 2.00.